The largest absolute Gasteiger partial charge is 0.380 e. The highest BCUT2D eigenvalue weighted by Gasteiger charge is 2.21. The Kier molecular flexibility index (Phi) is 5.78. The van der Waals surface area contributed by atoms with Gasteiger partial charge in [-0.3, -0.25) is 20.4 Å². The number of methoxy groups -OCH3 is 1. The van der Waals surface area contributed by atoms with Crippen LogP contribution < -0.4 is 10.9 Å². The summed E-state index contributed by atoms with van der Waals surface area (Å²) in [6.07, 6.45) is -0.0213. The highest BCUT2D eigenvalue weighted by atomic mass is 32.1. The second-order valence-electron chi connectivity index (χ2n) is 5.76. The number of amides is 2. The molecule has 0 saturated heterocycles. The molecule has 27 heavy (non-hydrogen) atoms. The van der Waals surface area contributed by atoms with Crippen LogP contribution in [-0.4, -0.2) is 18.9 Å². The van der Waals surface area contributed by atoms with Crippen LogP contribution in [0.5, 0.6) is 0 Å². The molecule has 0 aliphatic heterocycles. The molecule has 8 heteroatoms. The zero-order valence-electron chi connectivity index (χ0n) is 14.3. The maximum absolute atomic E-state index is 14.2. The van der Waals surface area contributed by atoms with Gasteiger partial charge in [0, 0.05) is 22.8 Å². The van der Waals surface area contributed by atoms with Crippen LogP contribution in [0.2, 0.25) is 0 Å². The molecule has 0 saturated carbocycles. The minimum atomic E-state index is -0.560. The van der Waals surface area contributed by atoms with Crippen molar-refractivity contribution in [2.45, 2.75) is 13.0 Å². The van der Waals surface area contributed by atoms with Gasteiger partial charge in [0.05, 0.1) is 13.0 Å². The molecule has 1 heterocycles. The highest BCUT2D eigenvalue weighted by molar-refractivity contribution is 7.21. The molecule has 2 aromatic carbocycles. The maximum atomic E-state index is 14.2. The topological polar surface area (TPSA) is 67.4 Å². The summed E-state index contributed by atoms with van der Waals surface area (Å²) in [5.41, 5.74) is 5.68. The van der Waals surface area contributed by atoms with Crippen LogP contribution in [0.25, 0.3) is 10.1 Å². The van der Waals surface area contributed by atoms with Crippen molar-refractivity contribution in [3.05, 3.63) is 70.1 Å². The quantitative estimate of drug-likeness (QED) is 0.657. The lowest BCUT2D eigenvalue weighted by molar-refractivity contribution is -0.121. The van der Waals surface area contributed by atoms with Crippen LogP contribution >= 0.6 is 11.3 Å². The van der Waals surface area contributed by atoms with Crippen LogP contribution in [0.15, 0.2) is 42.5 Å². The number of hydrogen-bond acceptors (Lipinski definition) is 4. The summed E-state index contributed by atoms with van der Waals surface area (Å²) < 4.78 is 32.8. The Labute approximate surface area is 157 Å². The first-order valence-corrected chi connectivity index (χ1v) is 8.83. The van der Waals surface area contributed by atoms with E-state index in [2.05, 4.69) is 10.9 Å². The van der Waals surface area contributed by atoms with Gasteiger partial charge in [-0.2, -0.15) is 0 Å². The second kappa shape index (κ2) is 8.24. The average Bonchev–Trinajstić information content (AvgIpc) is 3.02. The predicted molar refractivity (Wildman–Crippen MR) is 98.2 cm³/mol. The minimum Gasteiger partial charge on any atom is -0.380 e. The fourth-order valence-electron chi connectivity index (χ4n) is 2.65. The Morgan fingerprint density at radius 3 is 2.52 bits per heavy atom. The van der Waals surface area contributed by atoms with Gasteiger partial charge >= 0.3 is 0 Å². The molecule has 5 nitrogen and oxygen atoms in total. The summed E-state index contributed by atoms with van der Waals surface area (Å²) >= 11 is 1.12. The summed E-state index contributed by atoms with van der Waals surface area (Å²) in [4.78, 5) is 24.7. The Bertz CT molecular complexity index is 987. The van der Waals surface area contributed by atoms with Crippen molar-refractivity contribution in [1.29, 1.82) is 0 Å². The Morgan fingerprint density at radius 2 is 1.81 bits per heavy atom. The molecule has 0 fully saturated rings. The van der Waals surface area contributed by atoms with Crippen molar-refractivity contribution in [3.8, 4) is 0 Å². The Hall–Kier alpha value is -2.84. The van der Waals surface area contributed by atoms with Crippen LogP contribution in [-0.2, 0) is 22.6 Å². The summed E-state index contributed by atoms with van der Waals surface area (Å²) in [7, 11) is 1.45. The van der Waals surface area contributed by atoms with Crippen LogP contribution in [0.4, 0.5) is 8.78 Å². The van der Waals surface area contributed by atoms with Gasteiger partial charge in [0.25, 0.3) is 5.91 Å². The molecule has 0 unspecified atom stereocenters. The lowest BCUT2D eigenvalue weighted by Gasteiger charge is -2.08. The molecule has 0 bridgehead atoms. The number of carbonyl (C=O) groups is 2. The SMILES string of the molecule is COCc1c(C(=O)NNC(=O)Cc2ccc(F)cc2)sc2cccc(F)c12. The average molecular weight is 390 g/mol. The monoisotopic (exact) mass is 390 g/mol. The number of nitrogens with one attached hydrogen (secondary N) is 2. The number of rotatable bonds is 5. The van der Waals surface area contributed by atoms with Crippen molar-refractivity contribution in [2.24, 2.45) is 0 Å². The fraction of sp³-hybridized carbons (Fsp3) is 0.158. The van der Waals surface area contributed by atoms with Crippen molar-refractivity contribution < 1.29 is 23.1 Å². The van der Waals surface area contributed by atoms with Gasteiger partial charge in [-0.1, -0.05) is 18.2 Å². The maximum Gasteiger partial charge on any atom is 0.280 e. The number of hydrogen-bond donors (Lipinski definition) is 2. The first kappa shape index (κ1) is 18.9. The first-order chi connectivity index (χ1) is 13.0. The number of benzene rings is 2. The molecule has 3 aromatic rings. The molecule has 140 valence electrons. The van der Waals surface area contributed by atoms with E-state index in [0.717, 1.165) is 11.3 Å². The van der Waals surface area contributed by atoms with Crippen LogP contribution in [0, 0.1) is 11.6 Å². The Morgan fingerprint density at radius 1 is 1.07 bits per heavy atom. The molecule has 0 aliphatic carbocycles. The third-order valence-corrected chi connectivity index (χ3v) is 5.05. The van der Waals surface area contributed by atoms with E-state index < -0.39 is 23.4 Å². The molecule has 1 aromatic heterocycles. The van der Waals surface area contributed by atoms with Crippen molar-refractivity contribution in [1.82, 2.24) is 10.9 Å². The normalized spacial score (nSPS) is 10.8. The van der Waals surface area contributed by atoms with E-state index in [0.29, 0.717) is 21.2 Å². The van der Waals surface area contributed by atoms with Gasteiger partial charge in [0.1, 0.15) is 16.5 Å². The van der Waals surface area contributed by atoms with E-state index in [1.165, 1.54) is 37.4 Å². The predicted octanol–water partition coefficient (Wildman–Crippen LogP) is 3.33. The van der Waals surface area contributed by atoms with Crippen molar-refractivity contribution in [2.75, 3.05) is 7.11 Å². The smallest absolute Gasteiger partial charge is 0.280 e. The lowest BCUT2D eigenvalue weighted by Crippen LogP contribution is -2.42. The molecule has 0 radical (unpaired) electrons. The van der Waals surface area contributed by atoms with E-state index in [4.69, 9.17) is 4.74 Å². The first-order valence-electron chi connectivity index (χ1n) is 8.02. The van der Waals surface area contributed by atoms with Crippen LogP contribution in [0.3, 0.4) is 0 Å². The Balaban J connectivity index is 1.72. The molecule has 0 spiro atoms. The lowest BCUT2D eigenvalue weighted by atomic mass is 10.1. The number of ether oxygens (including phenoxy) is 1. The van der Waals surface area contributed by atoms with Crippen LogP contribution in [0.1, 0.15) is 20.8 Å². The summed E-state index contributed by atoms with van der Waals surface area (Å²) in [5.74, 6) is -1.85. The molecular formula is C19H16F2N2O3S. The number of thiophene rings is 1. The van der Waals surface area contributed by atoms with E-state index in [1.54, 1.807) is 12.1 Å². The number of hydrazine groups is 1. The fourth-order valence-corrected chi connectivity index (χ4v) is 3.77. The second-order valence-corrected chi connectivity index (χ2v) is 6.81. The molecule has 2 N–H and O–H groups in total. The number of halogens is 2. The molecule has 2 amide bonds. The summed E-state index contributed by atoms with van der Waals surface area (Å²) in [6, 6.07) is 10.1. The molecular weight excluding hydrogens is 374 g/mol. The van der Waals surface area contributed by atoms with Gasteiger partial charge in [0.2, 0.25) is 5.91 Å². The van der Waals surface area contributed by atoms with E-state index in [-0.39, 0.29) is 17.9 Å². The minimum absolute atomic E-state index is 0.0213. The third-order valence-electron chi connectivity index (χ3n) is 3.85. The third kappa shape index (κ3) is 4.29. The molecule has 0 aliphatic rings. The standard InChI is InChI=1S/C19H16F2N2O3S/c1-26-10-13-17-14(21)3-2-4-15(17)27-18(13)19(25)23-22-16(24)9-11-5-7-12(20)8-6-11/h2-8H,9-10H2,1H3,(H,22,24)(H,23,25). The number of carbonyl (C=O) groups excluding carboxylic acids is 2. The van der Waals surface area contributed by atoms with Crippen molar-refractivity contribution >= 4 is 33.2 Å². The highest BCUT2D eigenvalue weighted by Crippen LogP contribution is 2.33. The van der Waals surface area contributed by atoms with E-state index >= 15 is 0 Å². The zero-order valence-corrected chi connectivity index (χ0v) is 15.2. The van der Waals surface area contributed by atoms with E-state index in [1.807, 2.05) is 0 Å². The van der Waals surface area contributed by atoms with Gasteiger partial charge in [0.15, 0.2) is 0 Å². The summed E-state index contributed by atoms with van der Waals surface area (Å²) in [6.45, 7) is 0.0627. The molecule has 0 atom stereocenters. The van der Waals surface area contributed by atoms with Gasteiger partial charge in [-0.05, 0) is 29.8 Å². The molecule has 3 rings (SSSR count). The van der Waals surface area contributed by atoms with Gasteiger partial charge in [-0.25, -0.2) is 8.78 Å². The van der Waals surface area contributed by atoms with Gasteiger partial charge in [-0.15, -0.1) is 11.3 Å². The van der Waals surface area contributed by atoms with E-state index in [9.17, 15) is 18.4 Å². The zero-order chi connectivity index (χ0) is 19.4. The van der Waals surface area contributed by atoms with Crippen molar-refractivity contribution in [3.63, 3.8) is 0 Å². The summed E-state index contributed by atoms with van der Waals surface area (Å²) in [5, 5.41) is 0.340. The number of fused-ring (bicyclic) bond motifs is 1. The van der Waals surface area contributed by atoms with Gasteiger partial charge < -0.3 is 4.74 Å².